The molecule has 2 rings (SSSR count). The second-order valence-electron chi connectivity index (χ2n) is 5.13. The lowest BCUT2D eigenvalue weighted by atomic mass is 9.98. The van der Waals surface area contributed by atoms with E-state index in [9.17, 15) is 4.39 Å². The first-order chi connectivity index (χ1) is 10.0. The van der Waals surface area contributed by atoms with Crippen LogP contribution >= 0.6 is 15.9 Å². The van der Waals surface area contributed by atoms with Crippen molar-refractivity contribution >= 4 is 15.9 Å². The number of benzene rings is 2. The first kappa shape index (κ1) is 16.0. The summed E-state index contributed by atoms with van der Waals surface area (Å²) in [6, 6.07) is 13.0. The summed E-state index contributed by atoms with van der Waals surface area (Å²) in [4.78, 5) is 0. The molecule has 2 aromatic rings. The van der Waals surface area contributed by atoms with Crippen LogP contribution in [0.5, 0.6) is 5.75 Å². The minimum Gasteiger partial charge on any atom is -0.491 e. The lowest BCUT2D eigenvalue weighted by Gasteiger charge is -2.19. The summed E-state index contributed by atoms with van der Waals surface area (Å²) in [6.45, 7) is 3.98. The third-order valence-corrected chi connectivity index (χ3v) is 3.77. The van der Waals surface area contributed by atoms with E-state index in [1.165, 1.54) is 0 Å². The van der Waals surface area contributed by atoms with Crippen molar-refractivity contribution in [2.75, 3.05) is 7.05 Å². The number of nitrogens with one attached hydrogen (secondary N) is 1. The molecule has 1 atom stereocenters. The van der Waals surface area contributed by atoms with Crippen molar-refractivity contribution in [3.63, 3.8) is 0 Å². The van der Waals surface area contributed by atoms with Crippen LogP contribution < -0.4 is 10.1 Å². The van der Waals surface area contributed by atoms with Crippen molar-refractivity contribution in [3.8, 4) is 5.75 Å². The topological polar surface area (TPSA) is 21.3 Å². The highest BCUT2D eigenvalue weighted by atomic mass is 79.9. The summed E-state index contributed by atoms with van der Waals surface area (Å²) >= 11 is 3.18. The van der Waals surface area contributed by atoms with Crippen molar-refractivity contribution < 1.29 is 9.13 Å². The number of ether oxygens (including phenoxy) is 1. The summed E-state index contributed by atoms with van der Waals surface area (Å²) in [5.41, 5.74) is 1.91. The zero-order valence-electron chi connectivity index (χ0n) is 12.4. The van der Waals surface area contributed by atoms with Gasteiger partial charge in [0.2, 0.25) is 0 Å². The summed E-state index contributed by atoms with van der Waals surface area (Å²) in [5, 5.41) is 3.22. The molecule has 1 N–H and O–H groups in total. The molecular formula is C17H19BrFNO. The molecule has 2 nitrogen and oxygen atoms in total. The van der Waals surface area contributed by atoms with E-state index in [1.807, 2.05) is 51.2 Å². The maximum absolute atomic E-state index is 13.7. The average Bonchev–Trinajstić information content (AvgIpc) is 2.43. The van der Waals surface area contributed by atoms with Crippen LogP contribution in [0.4, 0.5) is 4.39 Å². The van der Waals surface area contributed by atoms with E-state index in [2.05, 4.69) is 21.2 Å². The molecule has 4 heteroatoms. The normalized spacial score (nSPS) is 12.5. The van der Waals surface area contributed by atoms with E-state index in [0.717, 1.165) is 16.9 Å². The number of hydrogen-bond acceptors (Lipinski definition) is 2. The van der Waals surface area contributed by atoms with E-state index in [-0.39, 0.29) is 18.0 Å². The highest BCUT2D eigenvalue weighted by Gasteiger charge is 2.14. The first-order valence-corrected chi connectivity index (χ1v) is 7.69. The van der Waals surface area contributed by atoms with Crippen molar-refractivity contribution in [3.05, 3.63) is 63.9 Å². The van der Waals surface area contributed by atoms with Crippen LogP contribution in [0.3, 0.4) is 0 Å². The Labute approximate surface area is 133 Å². The predicted molar refractivity (Wildman–Crippen MR) is 87.2 cm³/mol. The SMILES string of the molecule is CNC(c1cccc(OC(C)C)c1)c1ccc(Br)c(F)c1. The Hall–Kier alpha value is -1.39. The van der Waals surface area contributed by atoms with Gasteiger partial charge in [-0.15, -0.1) is 0 Å². The Morgan fingerprint density at radius 3 is 2.43 bits per heavy atom. The number of hydrogen-bond donors (Lipinski definition) is 1. The highest BCUT2D eigenvalue weighted by molar-refractivity contribution is 9.10. The van der Waals surface area contributed by atoms with Crippen molar-refractivity contribution in [2.45, 2.75) is 26.0 Å². The monoisotopic (exact) mass is 351 g/mol. The Bertz CT molecular complexity index is 615. The third kappa shape index (κ3) is 4.05. The second-order valence-corrected chi connectivity index (χ2v) is 5.99. The number of rotatable bonds is 5. The molecule has 0 aliphatic heterocycles. The maximum Gasteiger partial charge on any atom is 0.137 e. The van der Waals surface area contributed by atoms with Gasteiger partial charge in [-0.3, -0.25) is 0 Å². The van der Waals surface area contributed by atoms with Crippen LogP contribution in [-0.2, 0) is 0 Å². The van der Waals surface area contributed by atoms with E-state index >= 15 is 0 Å². The summed E-state index contributed by atoms with van der Waals surface area (Å²) in [5.74, 6) is 0.558. The van der Waals surface area contributed by atoms with Crippen LogP contribution in [0.1, 0.15) is 31.0 Å². The molecule has 1 unspecified atom stereocenters. The zero-order chi connectivity index (χ0) is 15.4. The van der Waals surface area contributed by atoms with Gasteiger partial charge in [-0.05, 0) is 72.2 Å². The van der Waals surface area contributed by atoms with Crippen LogP contribution in [0.2, 0.25) is 0 Å². The molecule has 0 bridgehead atoms. The van der Waals surface area contributed by atoms with Gasteiger partial charge in [0, 0.05) is 0 Å². The Balaban J connectivity index is 2.34. The van der Waals surface area contributed by atoms with Crippen LogP contribution in [0, 0.1) is 5.82 Å². The molecule has 0 amide bonds. The molecule has 0 saturated carbocycles. The molecule has 0 aliphatic carbocycles. The van der Waals surface area contributed by atoms with Gasteiger partial charge in [0.1, 0.15) is 11.6 Å². The molecular weight excluding hydrogens is 333 g/mol. The molecule has 21 heavy (non-hydrogen) atoms. The second kappa shape index (κ2) is 7.05. The lowest BCUT2D eigenvalue weighted by molar-refractivity contribution is 0.242. The molecule has 0 fully saturated rings. The first-order valence-electron chi connectivity index (χ1n) is 6.90. The van der Waals surface area contributed by atoms with Gasteiger partial charge in [0.15, 0.2) is 0 Å². The molecule has 0 aromatic heterocycles. The van der Waals surface area contributed by atoms with Gasteiger partial charge in [-0.25, -0.2) is 4.39 Å². The van der Waals surface area contributed by atoms with Gasteiger partial charge in [-0.2, -0.15) is 0 Å². The van der Waals surface area contributed by atoms with Crippen LogP contribution in [0.25, 0.3) is 0 Å². The average molecular weight is 352 g/mol. The molecule has 0 aliphatic rings. The number of halogens is 2. The minimum atomic E-state index is -0.262. The van der Waals surface area contributed by atoms with Gasteiger partial charge in [0.25, 0.3) is 0 Å². The molecule has 0 spiro atoms. The van der Waals surface area contributed by atoms with E-state index in [4.69, 9.17) is 4.74 Å². The van der Waals surface area contributed by atoms with Gasteiger partial charge in [-0.1, -0.05) is 18.2 Å². The summed E-state index contributed by atoms with van der Waals surface area (Å²) in [7, 11) is 1.86. The Kier molecular flexibility index (Phi) is 5.37. The third-order valence-electron chi connectivity index (χ3n) is 3.13. The maximum atomic E-state index is 13.7. The molecule has 0 radical (unpaired) electrons. The largest absolute Gasteiger partial charge is 0.491 e. The fourth-order valence-corrected chi connectivity index (χ4v) is 2.50. The van der Waals surface area contributed by atoms with Gasteiger partial charge < -0.3 is 10.1 Å². The predicted octanol–water partition coefficient (Wildman–Crippen LogP) is 4.68. The molecule has 2 aromatic carbocycles. The van der Waals surface area contributed by atoms with Crippen molar-refractivity contribution in [1.29, 1.82) is 0 Å². The van der Waals surface area contributed by atoms with Crippen LogP contribution in [0.15, 0.2) is 46.9 Å². The fourth-order valence-electron chi connectivity index (χ4n) is 2.26. The van der Waals surface area contributed by atoms with Gasteiger partial charge in [0.05, 0.1) is 16.6 Å². The standard InChI is InChI=1S/C17H19BrFNO/c1-11(2)21-14-6-4-5-12(9-14)17(20-3)13-7-8-15(18)16(19)10-13/h4-11,17,20H,1-3H3. The van der Waals surface area contributed by atoms with E-state index in [1.54, 1.807) is 12.1 Å². The molecule has 112 valence electrons. The zero-order valence-corrected chi connectivity index (χ0v) is 13.9. The summed E-state index contributed by atoms with van der Waals surface area (Å²) < 4.78 is 19.9. The minimum absolute atomic E-state index is 0.0803. The quantitative estimate of drug-likeness (QED) is 0.843. The Morgan fingerprint density at radius 1 is 1.10 bits per heavy atom. The fraction of sp³-hybridized carbons (Fsp3) is 0.294. The van der Waals surface area contributed by atoms with Crippen molar-refractivity contribution in [1.82, 2.24) is 5.32 Å². The van der Waals surface area contributed by atoms with E-state index in [0.29, 0.717) is 4.47 Å². The van der Waals surface area contributed by atoms with E-state index < -0.39 is 0 Å². The Morgan fingerprint density at radius 2 is 1.81 bits per heavy atom. The summed E-state index contributed by atoms with van der Waals surface area (Å²) in [6.07, 6.45) is 0.124. The molecule has 0 saturated heterocycles. The van der Waals surface area contributed by atoms with Crippen LogP contribution in [-0.4, -0.2) is 13.2 Å². The smallest absolute Gasteiger partial charge is 0.137 e. The van der Waals surface area contributed by atoms with Gasteiger partial charge >= 0.3 is 0 Å². The van der Waals surface area contributed by atoms with Crippen molar-refractivity contribution in [2.24, 2.45) is 0 Å². The molecule has 0 heterocycles. The highest BCUT2D eigenvalue weighted by Crippen LogP contribution is 2.27. The lowest BCUT2D eigenvalue weighted by Crippen LogP contribution is -2.18.